The van der Waals surface area contributed by atoms with E-state index >= 15 is 0 Å². The van der Waals surface area contributed by atoms with Crippen molar-refractivity contribution in [1.82, 2.24) is 0 Å². The third-order valence-corrected chi connectivity index (χ3v) is 6.02. The van der Waals surface area contributed by atoms with Crippen LogP contribution in [0, 0.1) is 0 Å². The minimum atomic E-state index is -1.75. The zero-order valence-corrected chi connectivity index (χ0v) is 9.20. The first-order valence-electron chi connectivity index (χ1n) is 4.45. The summed E-state index contributed by atoms with van der Waals surface area (Å²) in [7, 11) is -1.75. The van der Waals surface area contributed by atoms with Crippen LogP contribution in [0.3, 0.4) is 0 Å². The van der Waals surface area contributed by atoms with Gasteiger partial charge in [-0.2, -0.15) is 0 Å². The maximum absolute atomic E-state index is 9.78. The highest BCUT2D eigenvalue weighted by molar-refractivity contribution is 6.91. The van der Waals surface area contributed by atoms with E-state index in [2.05, 4.69) is 31.8 Å². The Morgan fingerprint density at radius 3 is 2.31 bits per heavy atom. The van der Waals surface area contributed by atoms with Crippen molar-refractivity contribution in [3.05, 3.63) is 43.0 Å². The Bertz CT molecular complexity index is 279. The molecular formula is C11H16OSi. The smallest absolute Gasteiger partial charge is 0.118 e. The lowest BCUT2D eigenvalue weighted by atomic mass is 10.4. The van der Waals surface area contributed by atoms with E-state index in [4.69, 9.17) is 0 Å². The number of aliphatic hydroxyl groups is 1. The molecule has 0 saturated carbocycles. The molecule has 0 aromatic heterocycles. The average molecular weight is 192 g/mol. The van der Waals surface area contributed by atoms with Gasteiger partial charge in [0.25, 0.3) is 0 Å². The van der Waals surface area contributed by atoms with Crippen LogP contribution in [0.2, 0.25) is 13.1 Å². The summed E-state index contributed by atoms with van der Waals surface area (Å²) >= 11 is 0. The molecular weight excluding hydrogens is 176 g/mol. The molecule has 1 aromatic carbocycles. The molecule has 0 amide bonds. The Hall–Kier alpha value is -0.863. The van der Waals surface area contributed by atoms with Gasteiger partial charge in [0, 0.05) is 0 Å². The average Bonchev–Trinajstić information content (AvgIpc) is 2.18. The van der Waals surface area contributed by atoms with Crippen molar-refractivity contribution in [2.24, 2.45) is 0 Å². The van der Waals surface area contributed by atoms with Gasteiger partial charge in [0.05, 0.1) is 5.73 Å². The van der Waals surface area contributed by atoms with Gasteiger partial charge in [0.15, 0.2) is 0 Å². The third-order valence-electron chi connectivity index (χ3n) is 2.48. The molecule has 0 spiro atoms. The van der Waals surface area contributed by atoms with Gasteiger partial charge in [-0.25, -0.2) is 0 Å². The number of benzene rings is 1. The fourth-order valence-electron chi connectivity index (χ4n) is 1.33. The lowest BCUT2D eigenvalue weighted by Crippen LogP contribution is -2.51. The standard InChI is InChI=1S/C11H16OSi/c1-4-11(12)13(2,3)10-8-6-5-7-9-10/h4-9,11-12H,1H2,2-3H3/t11-/m0/s1. The van der Waals surface area contributed by atoms with E-state index in [1.54, 1.807) is 6.08 Å². The van der Waals surface area contributed by atoms with Gasteiger partial charge in [0.1, 0.15) is 8.07 Å². The second-order valence-corrected chi connectivity index (χ2v) is 8.38. The van der Waals surface area contributed by atoms with E-state index in [9.17, 15) is 5.11 Å². The first kappa shape index (κ1) is 10.2. The summed E-state index contributed by atoms with van der Waals surface area (Å²) in [6, 6.07) is 10.2. The fraction of sp³-hybridized carbons (Fsp3) is 0.273. The van der Waals surface area contributed by atoms with Gasteiger partial charge < -0.3 is 5.11 Å². The Labute approximate surface area is 80.7 Å². The van der Waals surface area contributed by atoms with Gasteiger partial charge in [0.2, 0.25) is 0 Å². The van der Waals surface area contributed by atoms with Crippen molar-refractivity contribution in [2.45, 2.75) is 18.8 Å². The molecule has 1 atom stereocenters. The molecule has 0 bridgehead atoms. The van der Waals surface area contributed by atoms with Crippen LogP contribution in [0.5, 0.6) is 0 Å². The van der Waals surface area contributed by atoms with Crippen molar-refractivity contribution in [3.8, 4) is 0 Å². The molecule has 0 heterocycles. The van der Waals surface area contributed by atoms with Crippen LogP contribution in [0.4, 0.5) is 0 Å². The first-order valence-corrected chi connectivity index (χ1v) is 7.53. The van der Waals surface area contributed by atoms with Crippen molar-refractivity contribution in [2.75, 3.05) is 0 Å². The normalized spacial score (nSPS) is 13.8. The van der Waals surface area contributed by atoms with Crippen molar-refractivity contribution >= 4 is 13.3 Å². The third kappa shape index (κ3) is 2.08. The van der Waals surface area contributed by atoms with Crippen molar-refractivity contribution < 1.29 is 5.11 Å². The number of hydrogen-bond donors (Lipinski definition) is 1. The second kappa shape index (κ2) is 3.90. The van der Waals surface area contributed by atoms with Crippen LogP contribution in [-0.4, -0.2) is 18.9 Å². The van der Waals surface area contributed by atoms with Gasteiger partial charge in [-0.1, -0.05) is 54.7 Å². The Morgan fingerprint density at radius 2 is 1.85 bits per heavy atom. The van der Waals surface area contributed by atoms with E-state index in [1.807, 2.05) is 18.2 Å². The Kier molecular flexibility index (Phi) is 3.06. The minimum Gasteiger partial charge on any atom is -0.392 e. The zero-order valence-electron chi connectivity index (χ0n) is 8.20. The van der Waals surface area contributed by atoms with Crippen LogP contribution in [-0.2, 0) is 0 Å². The molecule has 0 aliphatic rings. The molecule has 1 rings (SSSR count). The molecule has 1 nitrogen and oxygen atoms in total. The zero-order chi connectivity index (χ0) is 9.90. The molecule has 13 heavy (non-hydrogen) atoms. The molecule has 70 valence electrons. The highest BCUT2D eigenvalue weighted by atomic mass is 28.3. The van der Waals surface area contributed by atoms with E-state index in [-0.39, 0.29) is 5.73 Å². The topological polar surface area (TPSA) is 20.2 Å². The predicted octanol–water partition coefficient (Wildman–Crippen LogP) is 1.69. The molecule has 1 aromatic rings. The first-order chi connectivity index (χ1) is 6.09. The number of hydrogen-bond acceptors (Lipinski definition) is 1. The quantitative estimate of drug-likeness (QED) is 0.571. The van der Waals surface area contributed by atoms with Gasteiger partial charge in [-0.3, -0.25) is 0 Å². The summed E-state index contributed by atoms with van der Waals surface area (Å²) in [4.78, 5) is 0. The highest BCUT2D eigenvalue weighted by Crippen LogP contribution is 2.09. The molecule has 0 radical (unpaired) electrons. The molecule has 0 saturated heterocycles. The largest absolute Gasteiger partial charge is 0.392 e. The van der Waals surface area contributed by atoms with E-state index < -0.39 is 8.07 Å². The molecule has 1 N–H and O–H groups in total. The summed E-state index contributed by atoms with van der Waals surface area (Å²) in [6.45, 7) is 7.93. The minimum absolute atomic E-state index is 0.366. The Morgan fingerprint density at radius 1 is 1.31 bits per heavy atom. The monoisotopic (exact) mass is 192 g/mol. The predicted molar refractivity (Wildman–Crippen MR) is 59.8 cm³/mol. The fourth-order valence-corrected chi connectivity index (χ4v) is 3.32. The summed E-state index contributed by atoms with van der Waals surface area (Å²) in [5, 5.41) is 11.0. The molecule has 0 aliphatic heterocycles. The molecule has 0 unspecified atom stereocenters. The lowest BCUT2D eigenvalue weighted by molar-refractivity contribution is 0.293. The SMILES string of the molecule is C=C[C@@H](O)[Si](C)(C)c1ccccc1. The van der Waals surface area contributed by atoms with Crippen LogP contribution in [0.1, 0.15) is 0 Å². The number of rotatable bonds is 3. The van der Waals surface area contributed by atoms with Crippen LogP contribution >= 0.6 is 0 Å². The summed E-state index contributed by atoms with van der Waals surface area (Å²) in [5.74, 6) is 0. The second-order valence-electron chi connectivity index (χ2n) is 3.77. The maximum atomic E-state index is 9.78. The van der Waals surface area contributed by atoms with E-state index in [0.717, 1.165) is 0 Å². The maximum Gasteiger partial charge on any atom is 0.118 e. The number of aliphatic hydroxyl groups excluding tert-OH is 1. The summed E-state index contributed by atoms with van der Waals surface area (Å²) in [6.07, 6.45) is 1.64. The van der Waals surface area contributed by atoms with E-state index in [1.165, 1.54) is 5.19 Å². The van der Waals surface area contributed by atoms with Crippen LogP contribution < -0.4 is 5.19 Å². The lowest BCUT2D eigenvalue weighted by Gasteiger charge is -2.26. The Balaban J connectivity index is 3.00. The van der Waals surface area contributed by atoms with Gasteiger partial charge >= 0.3 is 0 Å². The summed E-state index contributed by atoms with van der Waals surface area (Å²) in [5.41, 5.74) is -0.366. The van der Waals surface area contributed by atoms with Crippen molar-refractivity contribution in [1.29, 1.82) is 0 Å². The van der Waals surface area contributed by atoms with Crippen LogP contribution in [0.15, 0.2) is 43.0 Å². The molecule has 0 fully saturated rings. The summed E-state index contributed by atoms with van der Waals surface area (Å²) < 4.78 is 0. The van der Waals surface area contributed by atoms with Crippen molar-refractivity contribution in [3.63, 3.8) is 0 Å². The van der Waals surface area contributed by atoms with E-state index in [0.29, 0.717) is 0 Å². The molecule has 2 heteroatoms. The highest BCUT2D eigenvalue weighted by Gasteiger charge is 2.29. The van der Waals surface area contributed by atoms with Crippen LogP contribution in [0.25, 0.3) is 0 Å². The van der Waals surface area contributed by atoms with Gasteiger partial charge in [-0.05, 0) is 0 Å². The van der Waals surface area contributed by atoms with Gasteiger partial charge in [-0.15, -0.1) is 6.58 Å². The molecule has 0 aliphatic carbocycles.